The highest BCUT2D eigenvalue weighted by atomic mass is 127. The lowest BCUT2D eigenvalue weighted by Crippen LogP contribution is -2.49. The minimum atomic E-state index is -0.559. The van der Waals surface area contributed by atoms with E-state index in [0.29, 0.717) is 24.9 Å². The maximum atomic E-state index is 12.2. The Bertz CT molecular complexity index is 461. The van der Waals surface area contributed by atoms with Gasteiger partial charge in [0.2, 0.25) is 11.8 Å². The molecular weight excluding hydrogens is 399 g/mol. The van der Waals surface area contributed by atoms with E-state index in [2.05, 4.69) is 10.6 Å². The van der Waals surface area contributed by atoms with Gasteiger partial charge in [-0.05, 0) is 12.8 Å². The van der Waals surface area contributed by atoms with E-state index in [4.69, 9.17) is 0 Å². The molecule has 20 heavy (non-hydrogen) atoms. The molecule has 2 rings (SSSR count). The summed E-state index contributed by atoms with van der Waals surface area (Å²) in [6.45, 7) is 0.112. The maximum absolute atomic E-state index is 12.2. The quantitative estimate of drug-likeness (QED) is 0.322. The molecule has 2 heterocycles. The van der Waals surface area contributed by atoms with Gasteiger partial charge in [0.05, 0.1) is 47.9 Å². The fourth-order valence-corrected chi connectivity index (χ4v) is 3.43. The molecule has 2 N–H and O–H groups in total. The molecule has 2 aliphatic heterocycles. The number of nitrogens with one attached hydrogen (secondary N) is 2. The number of hydrogen-bond acceptors (Lipinski definition) is 5. The molecule has 0 saturated carbocycles. The first-order valence-corrected chi connectivity index (χ1v) is 7.74. The Hall–Kier alpha value is -1.04. The van der Waals surface area contributed by atoms with Crippen molar-refractivity contribution < 1.29 is 19.2 Å². The van der Waals surface area contributed by atoms with E-state index in [9.17, 15) is 19.2 Å². The Morgan fingerprint density at radius 2 is 1.90 bits per heavy atom. The van der Waals surface area contributed by atoms with E-state index in [1.165, 1.54) is 7.42 Å². The van der Waals surface area contributed by atoms with Crippen LogP contribution in [0, 0.1) is 0 Å². The molecule has 110 valence electrons. The second-order valence-electron chi connectivity index (χ2n) is 4.34. The first kappa shape index (κ1) is 15.4. The molecule has 2 fully saturated rings. The predicted octanol–water partition coefficient (Wildman–Crippen LogP) is -0.356. The van der Waals surface area contributed by atoms with Crippen LogP contribution in [0.3, 0.4) is 0 Å². The van der Waals surface area contributed by atoms with Crippen molar-refractivity contribution in [2.45, 2.75) is 18.9 Å². The molecule has 8 nitrogen and oxygen atoms in total. The van der Waals surface area contributed by atoms with Crippen LogP contribution in [0.25, 0.3) is 0 Å². The Morgan fingerprint density at radius 3 is 2.65 bits per heavy atom. The highest BCUT2D eigenvalue weighted by Gasteiger charge is 2.37. The van der Waals surface area contributed by atoms with Crippen LogP contribution < -0.4 is 10.6 Å². The molecular formula is C10H13IN4O4S. The topological polar surface area (TPSA) is 98.8 Å². The molecule has 10 heteroatoms. The highest BCUT2D eigenvalue weighted by Crippen LogP contribution is 2.25. The van der Waals surface area contributed by atoms with Crippen LogP contribution in [-0.2, 0) is 14.4 Å². The fraction of sp³-hybridized carbons (Fsp3) is 0.600. The normalized spacial score (nSPS) is 25.6. The van der Waals surface area contributed by atoms with Gasteiger partial charge in [0.15, 0.2) is 0 Å². The zero-order valence-electron chi connectivity index (χ0n) is 10.4. The number of halogens is 1. The van der Waals surface area contributed by atoms with E-state index < -0.39 is 17.2 Å². The average molecular weight is 412 g/mol. The summed E-state index contributed by atoms with van der Waals surface area (Å²) in [5.74, 6) is -1.01. The van der Waals surface area contributed by atoms with Crippen molar-refractivity contribution in [2.75, 3.05) is 19.6 Å². The lowest BCUT2D eigenvalue weighted by molar-refractivity contribution is -0.139. The molecule has 0 spiro atoms. The van der Waals surface area contributed by atoms with Crippen LogP contribution in [0.15, 0.2) is 0 Å². The molecule has 4 amide bonds. The average Bonchev–Trinajstić information content (AvgIpc) is 2.89. The van der Waals surface area contributed by atoms with E-state index >= 15 is 0 Å². The molecule has 0 radical (unpaired) electrons. The van der Waals surface area contributed by atoms with Gasteiger partial charge in [0, 0.05) is 6.54 Å². The van der Waals surface area contributed by atoms with Crippen LogP contribution in [0.5, 0.6) is 0 Å². The van der Waals surface area contributed by atoms with E-state index in [1.807, 2.05) is 0 Å². The Labute approximate surface area is 133 Å². The number of carbonyl (C=O) groups excluding carboxylic acids is 4. The summed E-state index contributed by atoms with van der Waals surface area (Å²) in [5.41, 5.74) is 0. The molecule has 0 aliphatic carbocycles. The molecule has 0 bridgehead atoms. The molecule has 0 aromatic rings. The van der Waals surface area contributed by atoms with Gasteiger partial charge < -0.3 is 15.5 Å². The van der Waals surface area contributed by atoms with Crippen LogP contribution in [-0.4, -0.2) is 56.1 Å². The molecule has 2 saturated heterocycles. The third-order valence-electron chi connectivity index (χ3n) is 3.02. The molecule has 1 atom stereocenters. The second-order valence-corrected chi connectivity index (χ2v) is 6.88. The first-order chi connectivity index (χ1) is 9.49. The highest BCUT2D eigenvalue weighted by molar-refractivity contribution is 14.1. The zero-order chi connectivity index (χ0) is 14.7. The summed E-state index contributed by atoms with van der Waals surface area (Å²) in [4.78, 5) is 48.7. The van der Waals surface area contributed by atoms with Gasteiger partial charge in [0.1, 0.15) is 6.04 Å². The van der Waals surface area contributed by atoms with Gasteiger partial charge in [-0.3, -0.25) is 19.2 Å². The number of rotatable bonds is 0. The van der Waals surface area contributed by atoms with Crippen molar-refractivity contribution in [3.63, 3.8) is 0 Å². The minimum absolute atomic E-state index is 0.160. The number of amides is 4. The third kappa shape index (κ3) is 3.53. The predicted molar refractivity (Wildman–Crippen MR) is 79.6 cm³/mol. The van der Waals surface area contributed by atoms with Crippen LogP contribution in [0.1, 0.15) is 12.8 Å². The SMILES string of the molecule is O=C1CNC(=O)SN(I)C(=O)C2CCCN2C(=O)CN1. The van der Waals surface area contributed by atoms with Crippen molar-refractivity contribution >= 4 is 57.8 Å². The Balaban J connectivity index is 2.16. The van der Waals surface area contributed by atoms with E-state index in [-0.39, 0.29) is 24.9 Å². The van der Waals surface area contributed by atoms with E-state index in [0.717, 1.165) is 6.42 Å². The van der Waals surface area contributed by atoms with Crippen molar-refractivity contribution in [3.8, 4) is 0 Å². The van der Waals surface area contributed by atoms with E-state index in [1.54, 1.807) is 22.9 Å². The van der Waals surface area contributed by atoms with Crippen LogP contribution >= 0.6 is 34.8 Å². The lowest BCUT2D eigenvalue weighted by atomic mass is 10.2. The number of hydrogen-bond donors (Lipinski definition) is 2. The summed E-state index contributed by atoms with van der Waals surface area (Å²) in [7, 11) is 0. The van der Waals surface area contributed by atoms with Gasteiger partial charge in [-0.25, -0.2) is 2.52 Å². The van der Waals surface area contributed by atoms with Gasteiger partial charge in [0.25, 0.3) is 5.91 Å². The number of nitrogens with zero attached hydrogens (tertiary/aromatic N) is 2. The summed E-state index contributed by atoms with van der Waals surface area (Å²) >= 11 is 2.41. The molecule has 0 aromatic heterocycles. The molecule has 0 aromatic carbocycles. The summed E-state index contributed by atoms with van der Waals surface area (Å²) in [6, 6.07) is -0.559. The first-order valence-electron chi connectivity index (χ1n) is 6.01. The fourth-order valence-electron chi connectivity index (χ4n) is 2.08. The lowest BCUT2D eigenvalue weighted by Gasteiger charge is -2.26. The summed E-state index contributed by atoms with van der Waals surface area (Å²) in [6.07, 6.45) is 1.30. The van der Waals surface area contributed by atoms with Crippen LogP contribution in [0.2, 0.25) is 0 Å². The van der Waals surface area contributed by atoms with Crippen molar-refractivity contribution in [2.24, 2.45) is 0 Å². The number of fused-ring (bicyclic) bond motifs is 1. The monoisotopic (exact) mass is 412 g/mol. The van der Waals surface area contributed by atoms with Gasteiger partial charge in [-0.1, -0.05) is 0 Å². The van der Waals surface area contributed by atoms with Gasteiger partial charge >= 0.3 is 5.24 Å². The third-order valence-corrected chi connectivity index (χ3v) is 4.74. The van der Waals surface area contributed by atoms with Gasteiger partial charge in [-0.15, -0.1) is 0 Å². The minimum Gasteiger partial charge on any atom is -0.345 e. The standard InChI is InChI=1S/C10H13IN4O4S/c11-15-9(18)6-2-1-3-14(6)8(17)5-12-7(16)4-13-10(19)20-15/h6H,1-5H2,(H,12,16)(H,13,19). The van der Waals surface area contributed by atoms with Crippen molar-refractivity contribution in [1.29, 1.82) is 0 Å². The second kappa shape index (κ2) is 6.61. The Kier molecular flexibility index (Phi) is 5.07. The Morgan fingerprint density at radius 1 is 1.15 bits per heavy atom. The molecule has 2 aliphatic rings. The summed E-state index contributed by atoms with van der Waals surface area (Å²) in [5, 5.41) is 4.31. The van der Waals surface area contributed by atoms with Crippen molar-refractivity contribution in [1.82, 2.24) is 18.1 Å². The van der Waals surface area contributed by atoms with Gasteiger partial charge in [-0.2, -0.15) is 0 Å². The zero-order valence-corrected chi connectivity index (χ0v) is 13.4. The molecule has 1 unspecified atom stereocenters. The van der Waals surface area contributed by atoms with Crippen molar-refractivity contribution in [3.05, 3.63) is 0 Å². The maximum Gasteiger partial charge on any atom is 0.300 e. The smallest absolute Gasteiger partial charge is 0.300 e. The largest absolute Gasteiger partial charge is 0.345 e. The van der Waals surface area contributed by atoms with Crippen LogP contribution in [0.4, 0.5) is 4.79 Å². The summed E-state index contributed by atoms with van der Waals surface area (Å²) < 4.78 is 1.18. The number of carbonyl (C=O) groups is 4.